The summed E-state index contributed by atoms with van der Waals surface area (Å²) in [5.41, 5.74) is 1.86. The van der Waals surface area contributed by atoms with Gasteiger partial charge in [0.1, 0.15) is 17.5 Å². The van der Waals surface area contributed by atoms with Gasteiger partial charge in [0.15, 0.2) is 0 Å². The number of benzene rings is 2. The summed E-state index contributed by atoms with van der Waals surface area (Å²) in [5.74, 6) is -0.190. The van der Waals surface area contributed by atoms with Crippen molar-refractivity contribution in [1.82, 2.24) is 9.97 Å². The van der Waals surface area contributed by atoms with Crippen molar-refractivity contribution in [3.63, 3.8) is 0 Å². The summed E-state index contributed by atoms with van der Waals surface area (Å²) in [5, 5.41) is 2.90. The molecule has 0 radical (unpaired) electrons. The molecule has 1 fully saturated rings. The molecule has 0 unspecified atom stereocenters. The Bertz CT molecular complexity index is 925. The number of nitrogens with zero attached hydrogens (tertiary/aromatic N) is 3. The monoisotopic (exact) mass is 366 g/mol. The van der Waals surface area contributed by atoms with Crippen LogP contribution >= 0.6 is 0 Å². The second-order valence-corrected chi connectivity index (χ2v) is 6.60. The Morgan fingerprint density at radius 2 is 1.63 bits per heavy atom. The van der Waals surface area contributed by atoms with Gasteiger partial charge in [0.05, 0.1) is 11.4 Å². The fourth-order valence-electron chi connectivity index (χ4n) is 3.24. The maximum Gasteiger partial charge on any atom is 0.229 e. The Morgan fingerprint density at radius 3 is 2.37 bits per heavy atom. The van der Waals surface area contributed by atoms with Crippen LogP contribution in [0, 0.1) is 11.6 Å². The summed E-state index contributed by atoms with van der Waals surface area (Å²) < 4.78 is 27.2. The molecule has 1 aliphatic heterocycles. The predicted octanol–water partition coefficient (Wildman–Crippen LogP) is 5.16. The number of piperidine rings is 1. The lowest BCUT2D eigenvalue weighted by molar-refractivity contribution is 0.573. The van der Waals surface area contributed by atoms with E-state index in [0.717, 1.165) is 49.1 Å². The van der Waals surface area contributed by atoms with Gasteiger partial charge in [-0.15, -0.1) is 0 Å². The third-order valence-electron chi connectivity index (χ3n) is 4.64. The summed E-state index contributed by atoms with van der Waals surface area (Å²) in [6.07, 6.45) is 3.47. The van der Waals surface area contributed by atoms with E-state index in [1.54, 1.807) is 0 Å². The molecule has 27 heavy (non-hydrogen) atoms. The molecule has 0 saturated carbocycles. The molecule has 1 N–H and O–H groups in total. The van der Waals surface area contributed by atoms with Crippen LogP contribution in [-0.4, -0.2) is 23.1 Å². The molecule has 3 aromatic rings. The molecule has 0 amide bonds. The maximum atomic E-state index is 14.0. The fourth-order valence-corrected chi connectivity index (χ4v) is 3.24. The summed E-state index contributed by atoms with van der Waals surface area (Å²) in [4.78, 5) is 11.4. The van der Waals surface area contributed by atoms with Crippen molar-refractivity contribution in [2.45, 2.75) is 19.3 Å². The topological polar surface area (TPSA) is 41.1 Å². The van der Waals surface area contributed by atoms with Crippen LogP contribution in [0.3, 0.4) is 0 Å². The van der Waals surface area contributed by atoms with E-state index < -0.39 is 11.6 Å². The zero-order chi connectivity index (χ0) is 18.6. The van der Waals surface area contributed by atoms with Gasteiger partial charge in [-0.1, -0.05) is 30.3 Å². The second kappa shape index (κ2) is 7.70. The molecule has 1 aliphatic rings. The first kappa shape index (κ1) is 17.4. The lowest BCUT2D eigenvalue weighted by Crippen LogP contribution is -2.30. The van der Waals surface area contributed by atoms with Crippen LogP contribution in [0.1, 0.15) is 19.3 Å². The van der Waals surface area contributed by atoms with Crippen LogP contribution in [0.15, 0.2) is 54.6 Å². The molecule has 2 aromatic carbocycles. The molecule has 1 aromatic heterocycles. The Kier molecular flexibility index (Phi) is 4.96. The van der Waals surface area contributed by atoms with Gasteiger partial charge in [0, 0.05) is 30.8 Å². The molecule has 2 heterocycles. The van der Waals surface area contributed by atoms with Gasteiger partial charge in [0.2, 0.25) is 5.95 Å². The minimum absolute atomic E-state index is 0.145. The molecule has 1 saturated heterocycles. The SMILES string of the molecule is Fc1ccc(Nc2nc(-c3ccccc3)cc(N3CCCCC3)n2)c(F)c1. The molecule has 0 aliphatic carbocycles. The summed E-state index contributed by atoms with van der Waals surface area (Å²) in [7, 11) is 0. The van der Waals surface area contributed by atoms with Crippen molar-refractivity contribution in [2.75, 3.05) is 23.3 Å². The lowest BCUT2D eigenvalue weighted by atomic mass is 10.1. The molecule has 0 spiro atoms. The smallest absolute Gasteiger partial charge is 0.229 e. The van der Waals surface area contributed by atoms with Crippen LogP contribution in [0.25, 0.3) is 11.3 Å². The summed E-state index contributed by atoms with van der Waals surface area (Å²) in [6.45, 7) is 1.88. The van der Waals surface area contributed by atoms with E-state index in [0.29, 0.717) is 5.95 Å². The first-order valence-corrected chi connectivity index (χ1v) is 9.10. The molecule has 0 bridgehead atoms. The van der Waals surface area contributed by atoms with Crippen molar-refractivity contribution < 1.29 is 8.78 Å². The molecular formula is C21H20F2N4. The average molecular weight is 366 g/mol. The highest BCUT2D eigenvalue weighted by atomic mass is 19.1. The van der Waals surface area contributed by atoms with Gasteiger partial charge in [-0.25, -0.2) is 13.8 Å². The largest absolute Gasteiger partial charge is 0.356 e. The number of anilines is 3. The van der Waals surface area contributed by atoms with Crippen molar-refractivity contribution in [2.24, 2.45) is 0 Å². The highest BCUT2D eigenvalue weighted by Gasteiger charge is 2.16. The van der Waals surface area contributed by atoms with Crippen molar-refractivity contribution in [3.8, 4) is 11.3 Å². The van der Waals surface area contributed by atoms with E-state index in [9.17, 15) is 8.78 Å². The molecule has 0 atom stereocenters. The first-order chi connectivity index (χ1) is 13.2. The Balaban J connectivity index is 1.73. The average Bonchev–Trinajstić information content (AvgIpc) is 2.71. The second-order valence-electron chi connectivity index (χ2n) is 6.60. The molecule has 4 rings (SSSR count). The number of rotatable bonds is 4. The zero-order valence-corrected chi connectivity index (χ0v) is 14.8. The van der Waals surface area contributed by atoms with E-state index in [2.05, 4.69) is 20.2 Å². The van der Waals surface area contributed by atoms with Gasteiger partial charge in [0.25, 0.3) is 0 Å². The van der Waals surface area contributed by atoms with Gasteiger partial charge in [-0.3, -0.25) is 0 Å². The van der Waals surface area contributed by atoms with E-state index in [4.69, 9.17) is 0 Å². The number of aromatic nitrogens is 2. The molecular weight excluding hydrogens is 346 g/mol. The number of hydrogen-bond acceptors (Lipinski definition) is 4. The van der Waals surface area contributed by atoms with E-state index in [1.807, 2.05) is 36.4 Å². The van der Waals surface area contributed by atoms with Crippen LogP contribution in [0.4, 0.5) is 26.2 Å². The maximum absolute atomic E-state index is 14.0. The predicted molar refractivity (Wildman–Crippen MR) is 103 cm³/mol. The number of hydrogen-bond donors (Lipinski definition) is 1. The van der Waals surface area contributed by atoms with E-state index >= 15 is 0 Å². The van der Waals surface area contributed by atoms with Gasteiger partial charge in [-0.05, 0) is 31.4 Å². The van der Waals surface area contributed by atoms with Crippen LogP contribution in [0.2, 0.25) is 0 Å². The quantitative estimate of drug-likeness (QED) is 0.693. The van der Waals surface area contributed by atoms with Gasteiger partial charge < -0.3 is 10.2 Å². The van der Waals surface area contributed by atoms with E-state index in [-0.39, 0.29) is 5.69 Å². The standard InChI is InChI=1S/C21H20F2N4/c22-16-9-10-18(17(23)13-16)24-21-25-19(15-7-3-1-4-8-15)14-20(26-21)27-11-5-2-6-12-27/h1,3-4,7-10,13-14H,2,5-6,11-12H2,(H,24,25,26). The minimum atomic E-state index is -0.678. The van der Waals surface area contributed by atoms with Gasteiger partial charge >= 0.3 is 0 Å². The number of halogens is 2. The van der Waals surface area contributed by atoms with Crippen molar-refractivity contribution in [3.05, 3.63) is 66.2 Å². The van der Waals surface area contributed by atoms with Gasteiger partial charge in [-0.2, -0.15) is 4.98 Å². The van der Waals surface area contributed by atoms with Crippen molar-refractivity contribution >= 4 is 17.5 Å². The third-order valence-corrected chi connectivity index (χ3v) is 4.64. The minimum Gasteiger partial charge on any atom is -0.356 e. The lowest BCUT2D eigenvalue weighted by Gasteiger charge is -2.28. The van der Waals surface area contributed by atoms with Crippen LogP contribution in [-0.2, 0) is 0 Å². The molecule has 138 valence electrons. The highest BCUT2D eigenvalue weighted by Crippen LogP contribution is 2.27. The van der Waals surface area contributed by atoms with E-state index in [1.165, 1.54) is 18.6 Å². The summed E-state index contributed by atoms with van der Waals surface area (Å²) in [6, 6.07) is 15.2. The molecule has 6 heteroatoms. The number of nitrogens with one attached hydrogen (secondary N) is 1. The fraction of sp³-hybridized carbons (Fsp3) is 0.238. The Morgan fingerprint density at radius 1 is 0.852 bits per heavy atom. The zero-order valence-electron chi connectivity index (χ0n) is 14.8. The third kappa shape index (κ3) is 4.05. The highest BCUT2D eigenvalue weighted by molar-refractivity contribution is 5.66. The van der Waals surface area contributed by atoms with Crippen molar-refractivity contribution in [1.29, 1.82) is 0 Å². The summed E-state index contributed by atoms with van der Waals surface area (Å²) >= 11 is 0. The van der Waals surface area contributed by atoms with Crippen LogP contribution < -0.4 is 10.2 Å². The normalized spacial score (nSPS) is 14.2. The van der Waals surface area contributed by atoms with Crippen LogP contribution in [0.5, 0.6) is 0 Å². The molecule has 4 nitrogen and oxygen atoms in total. The first-order valence-electron chi connectivity index (χ1n) is 9.10. The Hall–Kier alpha value is -3.02. The Labute approximate surface area is 156 Å².